The molecule has 1 aromatic carbocycles. The van der Waals surface area contributed by atoms with Crippen LogP contribution in [-0.4, -0.2) is 29.1 Å². The third-order valence-electron chi connectivity index (χ3n) is 4.75. The van der Waals surface area contributed by atoms with Gasteiger partial charge in [-0.3, -0.25) is 4.52 Å². The van der Waals surface area contributed by atoms with Gasteiger partial charge >= 0.3 is 7.60 Å². The molecule has 1 heterocycles. The fraction of sp³-hybridized carbons (Fsp3) is 0.500. The highest BCUT2D eigenvalue weighted by molar-refractivity contribution is 7.55. The van der Waals surface area contributed by atoms with Crippen molar-refractivity contribution in [2.75, 3.05) is 12.4 Å². The number of anilines is 1. The van der Waals surface area contributed by atoms with Crippen molar-refractivity contribution >= 4 is 13.4 Å². The molecule has 2 atom stereocenters. The SMILES string of the molecule is COc1c(C)cc(OP(=O)(OC(C)C)C(Nc2nccc(C)c2C)C(C)C)cc1O. The molecule has 2 aromatic rings. The molecular weight excluding hydrogens is 403 g/mol. The Morgan fingerprint density at radius 3 is 2.30 bits per heavy atom. The highest BCUT2D eigenvalue weighted by Crippen LogP contribution is 2.57. The van der Waals surface area contributed by atoms with E-state index in [9.17, 15) is 9.67 Å². The normalized spacial score (nSPS) is 14.5. The minimum Gasteiger partial charge on any atom is -0.504 e. The summed E-state index contributed by atoms with van der Waals surface area (Å²) in [6.07, 6.45) is 1.38. The molecule has 0 amide bonds. The molecule has 0 aliphatic carbocycles. The van der Waals surface area contributed by atoms with Crippen LogP contribution < -0.4 is 14.6 Å². The van der Waals surface area contributed by atoms with Crippen LogP contribution in [0.5, 0.6) is 17.2 Å². The molecule has 2 unspecified atom stereocenters. The van der Waals surface area contributed by atoms with Crippen LogP contribution in [0.1, 0.15) is 44.4 Å². The zero-order valence-electron chi connectivity index (χ0n) is 19.0. The molecule has 8 heteroatoms. The van der Waals surface area contributed by atoms with E-state index in [1.165, 1.54) is 13.2 Å². The first-order valence-electron chi connectivity index (χ1n) is 10.0. The van der Waals surface area contributed by atoms with Crippen LogP contribution in [0.2, 0.25) is 0 Å². The van der Waals surface area contributed by atoms with Crippen LogP contribution in [0.3, 0.4) is 0 Å². The van der Waals surface area contributed by atoms with Crippen molar-refractivity contribution in [3.8, 4) is 17.2 Å². The summed E-state index contributed by atoms with van der Waals surface area (Å²) in [7, 11) is -2.25. The first kappa shape index (κ1) is 24.0. The quantitative estimate of drug-likeness (QED) is 0.479. The van der Waals surface area contributed by atoms with Crippen molar-refractivity contribution in [1.29, 1.82) is 0 Å². The number of ether oxygens (including phenoxy) is 1. The summed E-state index contributed by atoms with van der Waals surface area (Å²) in [5, 5.41) is 13.5. The molecule has 1 aromatic heterocycles. The van der Waals surface area contributed by atoms with Crippen LogP contribution in [0, 0.1) is 26.7 Å². The highest BCUT2D eigenvalue weighted by atomic mass is 31.2. The van der Waals surface area contributed by atoms with Gasteiger partial charge in [-0.25, -0.2) is 9.55 Å². The van der Waals surface area contributed by atoms with Crippen molar-refractivity contribution in [3.05, 3.63) is 41.1 Å². The lowest BCUT2D eigenvalue weighted by atomic mass is 10.1. The first-order valence-corrected chi connectivity index (χ1v) is 11.6. The number of hydrogen-bond acceptors (Lipinski definition) is 7. The van der Waals surface area contributed by atoms with Gasteiger partial charge < -0.3 is 19.7 Å². The molecule has 2 rings (SSSR count). The van der Waals surface area contributed by atoms with E-state index >= 15 is 0 Å². The summed E-state index contributed by atoms with van der Waals surface area (Å²) in [4.78, 5) is 4.41. The van der Waals surface area contributed by atoms with Gasteiger partial charge in [0, 0.05) is 12.3 Å². The van der Waals surface area contributed by atoms with Gasteiger partial charge in [-0.05, 0) is 69.4 Å². The van der Waals surface area contributed by atoms with Crippen LogP contribution in [0.4, 0.5) is 5.82 Å². The summed E-state index contributed by atoms with van der Waals surface area (Å²) < 4.78 is 31.1. The number of nitrogens with one attached hydrogen (secondary N) is 1. The van der Waals surface area contributed by atoms with Gasteiger partial charge in [0.25, 0.3) is 0 Å². The highest BCUT2D eigenvalue weighted by Gasteiger charge is 2.41. The van der Waals surface area contributed by atoms with Gasteiger partial charge in [0.1, 0.15) is 17.4 Å². The molecule has 0 saturated heterocycles. The Bertz CT molecular complexity index is 907. The lowest BCUT2D eigenvalue weighted by molar-refractivity contribution is 0.200. The van der Waals surface area contributed by atoms with E-state index in [1.54, 1.807) is 33.0 Å². The van der Waals surface area contributed by atoms with Gasteiger partial charge in [0.15, 0.2) is 11.5 Å². The molecule has 0 fully saturated rings. The maximum atomic E-state index is 14.1. The molecule has 0 aliphatic rings. The van der Waals surface area contributed by atoms with Crippen LogP contribution >= 0.6 is 7.60 Å². The van der Waals surface area contributed by atoms with Gasteiger partial charge in [0.2, 0.25) is 0 Å². The molecule has 0 radical (unpaired) electrons. The zero-order valence-corrected chi connectivity index (χ0v) is 19.9. The number of hydrogen-bond donors (Lipinski definition) is 2. The molecular formula is C22H33N2O5P. The Balaban J connectivity index is 2.48. The second-order valence-corrected chi connectivity index (χ2v) is 10.0. The van der Waals surface area contributed by atoms with E-state index in [0.717, 1.165) is 11.1 Å². The fourth-order valence-electron chi connectivity index (χ4n) is 3.15. The lowest BCUT2D eigenvalue weighted by Gasteiger charge is -2.32. The predicted molar refractivity (Wildman–Crippen MR) is 120 cm³/mol. The molecule has 7 nitrogen and oxygen atoms in total. The Labute approximate surface area is 179 Å². The van der Waals surface area contributed by atoms with Crippen molar-refractivity contribution in [3.63, 3.8) is 0 Å². The van der Waals surface area contributed by atoms with Crippen LogP contribution in [-0.2, 0) is 9.09 Å². The maximum Gasteiger partial charge on any atom is 0.401 e. The van der Waals surface area contributed by atoms with E-state index in [-0.39, 0.29) is 23.5 Å². The molecule has 2 N–H and O–H groups in total. The summed E-state index contributed by atoms with van der Waals surface area (Å²) in [5.41, 5.74) is 2.71. The molecule has 0 saturated carbocycles. The van der Waals surface area contributed by atoms with E-state index in [0.29, 0.717) is 17.1 Å². The molecule has 30 heavy (non-hydrogen) atoms. The smallest absolute Gasteiger partial charge is 0.401 e. The predicted octanol–water partition coefficient (Wildman–Crippen LogP) is 5.81. The number of methoxy groups -OCH3 is 1. The largest absolute Gasteiger partial charge is 0.504 e. The topological polar surface area (TPSA) is 89.9 Å². The number of rotatable bonds is 9. The third-order valence-corrected chi connectivity index (χ3v) is 7.34. The summed E-state index contributed by atoms with van der Waals surface area (Å²) in [5.74, 6) is 0.394. The molecule has 0 spiro atoms. The van der Waals surface area contributed by atoms with Crippen LogP contribution in [0.25, 0.3) is 0 Å². The molecule has 0 aliphatic heterocycles. The van der Waals surface area contributed by atoms with Crippen molar-refractivity contribution < 1.29 is 23.5 Å². The second kappa shape index (κ2) is 9.71. The third kappa shape index (κ3) is 5.46. The van der Waals surface area contributed by atoms with Gasteiger partial charge in [-0.2, -0.15) is 0 Å². The Morgan fingerprint density at radius 2 is 1.77 bits per heavy atom. The number of nitrogens with zero attached hydrogens (tertiary/aromatic N) is 1. The van der Waals surface area contributed by atoms with Crippen LogP contribution in [0.15, 0.2) is 24.4 Å². The maximum absolute atomic E-state index is 14.1. The Morgan fingerprint density at radius 1 is 1.10 bits per heavy atom. The lowest BCUT2D eigenvalue weighted by Crippen LogP contribution is -2.30. The average Bonchev–Trinajstić information content (AvgIpc) is 2.61. The Kier molecular flexibility index (Phi) is 7.78. The van der Waals surface area contributed by atoms with Crippen molar-refractivity contribution in [2.24, 2.45) is 5.92 Å². The fourth-order valence-corrected chi connectivity index (χ4v) is 5.44. The number of aromatic hydroxyl groups is 1. The zero-order chi connectivity index (χ0) is 22.6. The minimum absolute atomic E-state index is 0.0890. The van der Waals surface area contributed by atoms with E-state index in [2.05, 4.69) is 10.3 Å². The van der Waals surface area contributed by atoms with Gasteiger partial charge in [-0.1, -0.05) is 13.8 Å². The van der Waals surface area contributed by atoms with Crippen molar-refractivity contribution in [2.45, 2.75) is 60.4 Å². The monoisotopic (exact) mass is 436 g/mol. The summed E-state index contributed by atoms with van der Waals surface area (Å²) >= 11 is 0. The minimum atomic E-state index is -3.73. The second-order valence-electron chi connectivity index (χ2n) is 8.01. The molecule has 0 bridgehead atoms. The number of phenols is 1. The van der Waals surface area contributed by atoms with Gasteiger partial charge in [-0.15, -0.1) is 0 Å². The number of benzene rings is 1. The number of pyridine rings is 1. The van der Waals surface area contributed by atoms with Crippen molar-refractivity contribution in [1.82, 2.24) is 4.98 Å². The number of aryl methyl sites for hydroxylation is 2. The number of aromatic nitrogens is 1. The van der Waals surface area contributed by atoms with Gasteiger partial charge in [0.05, 0.1) is 13.2 Å². The summed E-state index contributed by atoms with van der Waals surface area (Å²) in [6.45, 7) is 13.2. The van der Waals surface area contributed by atoms with E-state index < -0.39 is 13.4 Å². The van der Waals surface area contributed by atoms with E-state index in [4.69, 9.17) is 13.8 Å². The van der Waals surface area contributed by atoms with E-state index in [1.807, 2.05) is 33.8 Å². The summed E-state index contributed by atoms with van der Waals surface area (Å²) in [6, 6.07) is 4.98. The molecule has 166 valence electrons. The first-order chi connectivity index (χ1) is 14.0. The Hall–Kier alpha value is -2.24. The number of phenolic OH excluding ortho intramolecular Hbond substituents is 1. The standard InChI is InChI=1S/C22H33N2O5P/c1-13(2)22(24-21-17(7)15(5)9-10-23-21)30(26,28-14(3)4)29-18-11-16(6)20(27-8)19(25)12-18/h9-14,22,25H,1-8H3,(H,23,24). The average molecular weight is 436 g/mol.